The first-order valence-corrected chi connectivity index (χ1v) is 9.94. The molecule has 0 radical (unpaired) electrons. The molecule has 5 heterocycles. The number of halogens is 3. The molecular weight excluding hydrogens is 439 g/mol. The maximum atomic E-state index is 13.4. The zero-order valence-electron chi connectivity index (χ0n) is 16.9. The molecular formula is C22H16F3N5O3. The summed E-state index contributed by atoms with van der Waals surface area (Å²) in [6.07, 6.45) is 0.107. The molecule has 11 heteroatoms. The molecule has 2 atom stereocenters. The minimum atomic E-state index is -4.57. The van der Waals surface area contributed by atoms with Crippen LogP contribution in [0, 0.1) is 0 Å². The SMILES string of the molecule is O=c1c2cc(-c3ccc(C(F)(F)F)nc3)nc(-c3cccnc3)c2ncn1[C@@H]1COC[C@@H]1O. The number of rotatable bonds is 3. The Morgan fingerprint density at radius 1 is 1.09 bits per heavy atom. The first-order chi connectivity index (χ1) is 15.8. The zero-order valence-corrected chi connectivity index (χ0v) is 16.9. The molecule has 168 valence electrons. The number of aliphatic hydroxyl groups is 1. The van der Waals surface area contributed by atoms with Gasteiger partial charge >= 0.3 is 6.18 Å². The topological polar surface area (TPSA) is 103 Å². The molecule has 4 aromatic rings. The minimum Gasteiger partial charge on any atom is -0.388 e. The number of aliphatic hydroxyl groups excluding tert-OH is 1. The Kier molecular flexibility index (Phi) is 5.14. The number of nitrogens with zero attached hydrogens (tertiary/aromatic N) is 5. The Morgan fingerprint density at radius 2 is 1.94 bits per heavy atom. The molecule has 0 aliphatic carbocycles. The second-order valence-corrected chi connectivity index (χ2v) is 7.55. The van der Waals surface area contributed by atoms with E-state index in [1.807, 2.05) is 0 Å². The molecule has 4 aromatic heterocycles. The third-order valence-corrected chi connectivity index (χ3v) is 5.43. The van der Waals surface area contributed by atoms with Crippen LogP contribution in [-0.4, -0.2) is 48.9 Å². The van der Waals surface area contributed by atoms with Crippen molar-refractivity contribution in [1.29, 1.82) is 0 Å². The van der Waals surface area contributed by atoms with Gasteiger partial charge in [-0.15, -0.1) is 0 Å². The van der Waals surface area contributed by atoms with E-state index in [1.54, 1.807) is 24.5 Å². The van der Waals surface area contributed by atoms with E-state index in [-0.39, 0.29) is 24.3 Å². The summed E-state index contributed by atoms with van der Waals surface area (Å²) in [5, 5.41) is 10.4. The molecule has 8 nitrogen and oxygen atoms in total. The molecule has 1 aliphatic rings. The monoisotopic (exact) mass is 455 g/mol. The lowest BCUT2D eigenvalue weighted by Crippen LogP contribution is -2.32. The van der Waals surface area contributed by atoms with E-state index in [9.17, 15) is 23.1 Å². The predicted molar refractivity (Wildman–Crippen MR) is 111 cm³/mol. The van der Waals surface area contributed by atoms with Crippen LogP contribution >= 0.6 is 0 Å². The average molecular weight is 455 g/mol. The molecule has 1 N–H and O–H groups in total. The van der Waals surface area contributed by atoms with E-state index < -0.39 is 29.6 Å². The molecule has 0 spiro atoms. The van der Waals surface area contributed by atoms with E-state index in [0.717, 1.165) is 12.3 Å². The molecule has 0 aromatic carbocycles. The number of aromatic nitrogens is 5. The Bertz CT molecular complexity index is 1370. The largest absolute Gasteiger partial charge is 0.433 e. The number of hydrogen-bond acceptors (Lipinski definition) is 7. The molecule has 1 aliphatic heterocycles. The van der Waals surface area contributed by atoms with Crippen LogP contribution in [0.2, 0.25) is 0 Å². The summed E-state index contributed by atoms with van der Waals surface area (Å²) in [5.41, 5.74) is 0.334. The number of hydrogen-bond donors (Lipinski definition) is 1. The van der Waals surface area contributed by atoms with Crippen molar-refractivity contribution in [2.45, 2.75) is 18.3 Å². The van der Waals surface area contributed by atoms with Crippen LogP contribution in [0.15, 0.2) is 60.0 Å². The van der Waals surface area contributed by atoms with E-state index >= 15 is 0 Å². The van der Waals surface area contributed by atoms with Gasteiger partial charge in [-0.05, 0) is 30.3 Å². The molecule has 0 saturated carbocycles. The van der Waals surface area contributed by atoms with Gasteiger partial charge in [0.15, 0.2) is 0 Å². The van der Waals surface area contributed by atoms with E-state index in [4.69, 9.17) is 4.74 Å². The van der Waals surface area contributed by atoms with Crippen LogP contribution in [0.1, 0.15) is 11.7 Å². The van der Waals surface area contributed by atoms with Gasteiger partial charge in [0, 0.05) is 29.7 Å². The fraction of sp³-hybridized carbons (Fsp3) is 0.227. The Labute approximate surface area is 184 Å². The Balaban J connectivity index is 1.73. The van der Waals surface area contributed by atoms with Crippen molar-refractivity contribution in [3.05, 3.63) is 71.3 Å². The number of alkyl halides is 3. The van der Waals surface area contributed by atoms with Crippen molar-refractivity contribution in [3.63, 3.8) is 0 Å². The second kappa shape index (κ2) is 8.01. The van der Waals surface area contributed by atoms with Gasteiger partial charge in [0.25, 0.3) is 5.56 Å². The van der Waals surface area contributed by atoms with Gasteiger partial charge in [0.2, 0.25) is 0 Å². The highest BCUT2D eigenvalue weighted by molar-refractivity contribution is 5.93. The van der Waals surface area contributed by atoms with Crippen LogP contribution in [0.5, 0.6) is 0 Å². The van der Waals surface area contributed by atoms with Crippen molar-refractivity contribution in [2.24, 2.45) is 0 Å². The highest BCUT2D eigenvalue weighted by atomic mass is 19.4. The fourth-order valence-corrected chi connectivity index (χ4v) is 3.74. The standard InChI is InChI=1S/C22H16F3N5O3/c23-22(24,25)18-4-3-12(8-27-18)15-6-14-20(19(29-15)13-2-1-5-26-7-13)28-11-30(21(14)32)16-9-33-10-17(16)31/h1-8,11,16-17,31H,9-10H2/t16-,17+/m1/s1. The molecule has 0 bridgehead atoms. The second-order valence-electron chi connectivity index (χ2n) is 7.55. The number of fused-ring (bicyclic) bond motifs is 1. The number of ether oxygens (including phenoxy) is 1. The van der Waals surface area contributed by atoms with Gasteiger partial charge in [0.1, 0.15) is 17.3 Å². The minimum absolute atomic E-state index is 0.106. The van der Waals surface area contributed by atoms with Crippen molar-refractivity contribution in [2.75, 3.05) is 13.2 Å². The summed E-state index contributed by atoms with van der Waals surface area (Å²) in [6, 6.07) is 6.42. The smallest absolute Gasteiger partial charge is 0.388 e. The molecule has 33 heavy (non-hydrogen) atoms. The summed E-state index contributed by atoms with van der Waals surface area (Å²) >= 11 is 0. The lowest BCUT2D eigenvalue weighted by atomic mass is 10.1. The van der Waals surface area contributed by atoms with Gasteiger partial charge in [-0.3, -0.25) is 19.3 Å². The summed E-state index contributed by atoms with van der Waals surface area (Å²) in [6.45, 7) is 0.263. The first-order valence-electron chi connectivity index (χ1n) is 9.94. The third kappa shape index (κ3) is 3.85. The van der Waals surface area contributed by atoms with Crippen LogP contribution in [0.3, 0.4) is 0 Å². The van der Waals surface area contributed by atoms with Crippen molar-refractivity contribution in [1.82, 2.24) is 24.5 Å². The summed E-state index contributed by atoms with van der Waals surface area (Å²) in [4.78, 5) is 29.9. The Morgan fingerprint density at radius 3 is 2.58 bits per heavy atom. The molecule has 0 unspecified atom stereocenters. The lowest BCUT2D eigenvalue weighted by molar-refractivity contribution is -0.141. The first kappa shape index (κ1) is 21.2. The van der Waals surface area contributed by atoms with Gasteiger partial charge in [0.05, 0.1) is 42.4 Å². The van der Waals surface area contributed by atoms with Crippen LogP contribution < -0.4 is 5.56 Å². The molecule has 5 rings (SSSR count). The predicted octanol–water partition coefficient (Wildman–Crippen LogP) is 2.87. The summed E-state index contributed by atoms with van der Waals surface area (Å²) in [5.74, 6) is 0. The van der Waals surface area contributed by atoms with Crippen LogP contribution in [0.25, 0.3) is 33.4 Å². The maximum Gasteiger partial charge on any atom is 0.433 e. The van der Waals surface area contributed by atoms with E-state index in [2.05, 4.69) is 19.9 Å². The van der Waals surface area contributed by atoms with Gasteiger partial charge in [-0.25, -0.2) is 9.97 Å². The maximum absolute atomic E-state index is 13.4. The van der Waals surface area contributed by atoms with Crippen LogP contribution in [0.4, 0.5) is 13.2 Å². The van der Waals surface area contributed by atoms with Gasteiger partial charge < -0.3 is 9.84 Å². The third-order valence-electron chi connectivity index (χ3n) is 5.43. The molecule has 1 fully saturated rings. The summed E-state index contributed by atoms with van der Waals surface area (Å²) in [7, 11) is 0. The average Bonchev–Trinajstić information content (AvgIpc) is 3.24. The van der Waals surface area contributed by atoms with Crippen LogP contribution in [-0.2, 0) is 10.9 Å². The van der Waals surface area contributed by atoms with E-state index in [1.165, 1.54) is 23.0 Å². The van der Waals surface area contributed by atoms with E-state index in [0.29, 0.717) is 22.3 Å². The van der Waals surface area contributed by atoms with Gasteiger partial charge in [-0.2, -0.15) is 13.2 Å². The molecule has 1 saturated heterocycles. The highest BCUT2D eigenvalue weighted by Crippen LogP contribution is 2.31. The number of pyridine rings is 3. The van der Waals surface area contributed by atoms with Crippen molar-refractivity contribution in [3.8, 4) is 22.5 Å². The molecule has 0 amide bonds. The summed E-state index contributed by atoms with van der Waals surface area (Å²) < 4.78 is 45.3. The van der Waals surface area contributed by atoms with Gasteiger partial charge in [-0.1, -0.05) is 0 Å². The Hall–Kier alpha value is -3.70. The highest BCUT2D eigenvalue weighted by Gasteiger charge is 2.32. The quantitative estimate of drug-likeness (QED) is 0.507. The zero-order chi connectivity index (χ0) is 23.2. The van der Waals surface area contributed by atoms with Crippen molar-refractivity contribution < 1.29 is 23.0 Å². The normalized spacial score (nSPS) is 18.7. The fourth-order valence-electron chi connectivity index (χ4n) is 3.74. The lowest BCUT2D eigenvalue weighted by Gasteiger charge is -2.17. The van der Waals surface area contributed by atoms with Crippen molar-refractivity contribution >= 4 is 10.9 Å².